The van der Waals surface area contributed by atoms with Crippen molar-refractivity contribution in [2.75, 3.05) is 0 Å². The van der Waals surface area contributed by atoms with Crippen LogP contribution in [0.2, 0.25) is 5.02 Å². The number of rotatable bonds is 4. The Hall–Kier alpha value is -1.09. The summed E-state index contributed by atoms with van der Waals surface area (Å²) in [6.07, 6.45) is 2.09. The maximum absolute atomic E-state index is 13.4. The molecule has 1 unspecified atom stereocenters. The quantitative estimate of drug-likeness (QED) is 0.891. The van der Waals surface area contributed by atoms with Crippen LogP contribution in [-0.4, -0.2) is 11.1 Å². The molecule has 0 saturated heterocycles. The van der Waals surface area contributed by atoms with Gasteiger partial charge in [0, 0.05) is 5.02 Å². The summed E-state index contributed by atoms with van der Waals surface area (Å²) in [6.45, 7) is 1.81. The van der Waals surface area contributed by atoms with Crippen LogP contribution in [0.4, 0.5) is 4.39 Å². The molecule has 2 nitrogen and oxygen atoms in total. The molecule has 0 amide bonds. The number of benzene rings is 1. The summed E-state index contributed by atoms with van der Waals surface area (Å²) in [7, 11) is 0. The Bertz CT molecular complexity index is 455. The molecule has 4 heteroatoms. The minimum absolute atomic E-state index is 0.0469. The molecule has 1 saturated carbocycles. The van der Waals surface area contributed by atoms with E-state index >= 15 is 0 Å². The number of carboxylic acid groups (broad SMARTS) is 1. The third-order valence-electron chi connectivity index (χ3n) is 3.33. The molecule has 0 aromatic heterocycles. The monoisotopic (exact) mass is 256 g/mol. The van der Waals surface area contributed by atoms with Crippen LogP contribution in [0, 0.1) is 18.7 Å². The van der Waals surface area contributed by atoms with Crippen LogP contribution < -0.4 is 0 Å². The molecular weight excluding hydrogens is 243 g/mol. The number of hydrogen-bond acceptors (Lipinski definition) is 1. The molecule has 1 N–H and O–H groups in total. The van der Waals surface area contributed by atoms with Gasteiger partial charge in [-0.3, -0.25) is 4.79 Å². The zero-order valence-electron chi connectivity index (χ0n) is 9.54. The largest absolute Gasteiger partial charge is 0.481 e. The first-order valence-corrected chi connectivity index (χ1v) is 6.04. The second kappa shape index (κ2) is 4.65. The lowest BCUT2D eigenvalue weighted by Crippen LogP contribution is -2.10. The number of carboxylic acids is 1. The topological polar surface area (TPSA) is 37.3 Å². The molecule has 1 aliphatic carbocycles. The van der Waals surface area contributed by atoms with Crippen LogP contribution in [0.1, 0.15) is 36.3 Å². The normalized spacial score (nSPS) is 16.9. The summed E-state index contributed by atoms with van der Waals surface area (Å²) in [4.78, 5) is 10.9. The van der Waals surface area contributed by atoms with E-state index in [1.807, 2.05) is 6.92 Å². The second-order valence-corrected chi connectivity index (χ2v) is 5.05. The Labute approximate surface area is 104 Å². The van der Waals surface area contributed by atoms with E-state index < -0.39 is 11.8 Å². The average Bonchev–Trinajstić information content (AvgIpc) is 3.03. The highest BCUT2D eigenvalue weighted by Gasteiger charge is 2.35. The Morgan fingerprint density at radius 1 is 1.59 bits per heavy atom. The fourth-order valence-electron chi connectivity index (χ4n) is 2.27. The van der Waals surface area contributed by atoms with Crippen molar-refractivity contribution in [2.24, 2.45) is 5.92 Å². The molecule has 1 aliphatic rings. The van der Waals surface area contributed by atoms with Gasteiger partial charge < -0.3 is 5.11 Å². The Balaban J connectivity index is 2.38. The van der Waals surface area contributed by atoms with Crippen LogP contribution in [-0.2, 0) is 4.79 Å². The van der Waals surface area contributed by atoms with Gasteiger partial charge in [-0.25, -0.2) is 4.39 Å². The number of hydrogen-bond donors (Lipinski definition) is 1. The van der Waals surface area contributed by atoms with Crippen molar-refractivity contribution >= 4 is 17.6 Å². The summed E-state index contributed by atoms with van der Waals surface area (Å²) < 4.78 is 13.4. The Morgan fingerprint density at radius 3 is 2.76 bits per heavy atom. The van der Waals surface area contributed by atoms with Gasteiger partial charge in [-0.15, -0.1) is 0 Å². The van der Waals surface area contributed by atoms with Crippen LogP contribution in [0.3, 0.4) is 0 Å². The van der Waals surface area contributed by atoms with E-state index in [0.717, 1.165) is 24.0 Å². The molecule has 92 valence electrons. The maximum atomic E-state index is 13.4. The Kier molecular flexibility index (Phi) is 3.38. The van der Waals surface area contributed by atoms with E-state index in [-0.39, 0.29) is 12.3 Å². The summed E-state index contributed by atoms with van der Waals surface area (Å²) in [5.74, 6) is -0.989. The van der Waals surface area contributed by atoms with E-state index in [2.05, 4.69) is 0 Å². The van der Waals surface area contributed by atoms with Crippen molar-refractivity contribution < 1.29 is 14.3 Å². The van der Waals surface area contributed by atoms with Gasteiger partial charge in [0.15, 0.2) is 0 Å². The predicted molar refractivity (Wildman–Crippen MR) is 63.9 cm³/mol. The zero-order chi connectivity index (χ0) is 12.6. The number of aliphatic carboxylic acids is 1. The van der Waals surface area contributed by atoms with E-state index in [4.69, 9.17) is 16.7 Å². The molecule has 17 heavy (non-hydrogen) atoms. The van der Waals surface area contributed by atoms with Gasteiger partial charge in [0.2, 0.25) is 0 Å². The average molecular weight is 257 g/mol. The molecule has 0 bridgehead atoms. The van der Waals surface area contributed by atoms with Crippen molar-refractivity contribution in [3.8, 4) is 0 Å². The summed E-state index contributed by atoms with van der Waals surface area (Å²) in [5, 5.41) is 9.30. The minimum atomic E-state index is -0.846. The lowest BCUT2D eigenvalue weighted by Gasteiger charge is -2.18. The molecule has 1 aromatic rings. The molecule has 0 radical (unpaired) electrons. The highest BCUT2D eigenvalue weighted by Crippen LogP contribution is 2.46. The van der Waals surface area contributed by atoms with Crippen molar-refractivity contribution in [1.82, 2.24) is 0 Å². The molecule has 0 aliphatic heterocycles. The first-order chi connectivity index (χ1) is 7.99. The maximum Gasteiger partial charge on any atom is 0.303 e. The zero-order valence-corrected chi connectivity index (χ0v) is 10.3. The van der Waals surface area contributed by atoms with Gasteiger partial charge in [0.05, 0.1) is 6.42 Å². The van der Waals surface area contributed by atoms with E-state index in [1.165, 1.54) is 12.1 Å². The lowest BCUT2D eigenvalue weighted by atomic mass is 9.88. The highest BCUT2D eigenvalue weighted by molar-refractivity contribution is 6.31. The van der Waals surface area contributed by atoms with E-state index in [9.17, 15) is 9.18 Å². The third kappa shape index (κ3) is 2.78. The van der Waals surface area contributed by atoms with Gasteiger partial charge >= 0.3 is 5.97 Å². The molecule has 2 rings (SSSR count). The number of carbonyl (C=O) groups is 1. The molecule has 1 fully saturated rings. The fraction of sp³-hybridized carbons (Fsp3) is 0.462. The predicted octanol–water partition coefficient (Wildman–Crippen LogP) is 3.76. The molecule has 0 heterocycles. The van der Waals surface area contributed by atoms with Crippen LogP contribution in [0.15, 0.2) is 12.1 Å². The van der Waals surface area contributed by atoms with E-state index in [1.54, 1.807) is 0 Å². The van der Waals surface area contributed by atoms with Crippen molar-refractivity contribution in [3.63, 3.8) is 0 Å². The van der Waals surface area contributed by atoms with Crippen LogP contribution >= 0.6 is 11.6 Å². The van der Waals surface area contributed by atoms with Crippen LogP contribution in [0.25, 0.3) is 0 Å². The Morgan fingerprint density at radius 2 is 2.24 bits per heavy atom. The third-order valence-corrected chi connectivity index (χ3v) is 3.73. The first-order valence-electron chi connectivity index (χ1n) is 5.66. The molecule has 1 atom stereocenters. The van der Waals surface area contributed by atoms with E-state index in [0.29, 0.717) is 10.9 Å². The van der Waals surface area contributed by atoms with Gasteiger partial charge in [-0.1, -0.05) is 11.6 Å². The van der Waals surface area contributed by atoms with Crippen molar-refractivity contribution in [3.05, 3.63) is 34.1 Å². The first kappa shape index (κ1) is 12.4. The van der Waals surface area contributed by atoms with Gasteiger partial charge in [0.25, 0.3) is 0 Å². The van der Waals surface area contributed by atoms with Crippen LogP contribution in [0.5, 0.6) is 0 Å². The lowest BCUT2D eigenvalue weighted by molar-refractivity contribution is -0.137. The minimum Gasteiger partial charge on any atom is -0.481 e. The van der Waals surface area contributed by atoms with Crippen molar-refractivity contribution in [2.45, 2.75) is 32.1 Å². The van der Waals surface area contributed by atoms with Gasteiger partial charge in [0.1, 0.15) is 5.82 Å². The summed E-state index contributed by atoms with van der Waals surface area (Å²) >= 11 is 5.94. The number of halogens is 2. The summed E-state index contributed by atoms with van der Waals surface area (Å²) in [5.41, 5.74) is 1.55. The SMILES string of the molecule is Cc1c(Cl)cc(F)cc1C(CC(=O)O)C1CC1. The molecule has 0 spiro atoms. The standard InChI is InChI=1S/C13H14ClFO2/c1-7-10(4-9(15)5-12(7)14)11(6-13(16)17)8-2-3-8/h4-5,8,11H,2-3,6H2,1H3,(H,16,17). The fourth-order valence-corrected chi connectivity index (χ4v) is 2.48. The van der Waals surface area contributed by atoms with Gasteiger partial charge in [-0.05, 0) is 54.9 Å². The second-order valence-electron chi connectivity index (χ2n) is 4.64. The molecule has 1 aromatic carbocycles. The highest BCUT2D eigenvalue weighted by atomic mass is 35.5. The van der Waals surface area contributed by atoms with Crippen molar-refractivity contribution in [1.29, 1.82) is 0 Å². The molecular formula is C13H14ClFO2. The van der Waals surface area contributed by atoms with Gasteiger partial charge in [-0.2, -0.15) is 0 Å². The summed E-state index contributed by atoms with van der Waals surface area (Å²) in [6, 6.07) is 2.69. The smallest absolute Gasteiger partial charge is 0.303 e.